The Hall–Kier alpha value is -2.09. The Labute approximate surface area is 138 Å². The van der Waals surface area contributed by atoms with E-state index < -0.39 is 17.9 Å². The van der Waals surface area contributed by atoms with Crippen molar-refractivity contribution in [3.63, 3.8) is 0 Å². The minimum absolute atomic E-state index is 0.180. The smallest absolute Gasteiger partial charge is 0.341 e. The molecule has 2 rings (SSSR count). The lowest BCUT2D eigenvalue weighted by atomic mass is 10.1. The summed E-state index contributed by atoms with van der Waals surface area (Å²) >= 11 is 1.31. The summed E-state index contributed by atoms with van der Waals surface area (Å²) in [5.41, 5.74) is 1.16. The number of nitrogens with one attached hydrogen (secondary N) is 1. The molecule has 1 unspecified atom stereocenters. The fraction of sp³-hybridized carbons (Fsp3) is 0.533. The number of carbonyl (C=O) groups is 3. The highest BCUT2D eigenvalue weighted by atomic mass is 32.1. The van der Waals surface area contributed by atoms with Crippen LogP contribution in [0.4, 0.5) is 9.80 Å². The molecule has 1 aliphatic heterocycles. The number of amides is 2. The number of aryl methyl sites for hydroxylation is 1. The Morgan fingerprint density at radius 3 is 2.65 bits per heavy atom. The Balaban J connectivity index is 2.14. The van der Waals surface area contributed by atoms with Crippen LogP contribution in [0.1, 0.15) is 34.1 Å². The summed E-state index contributed by atoms with van der Waals surface area (Å²) in [5, 5.41) is 12.2. The number of aliphatic carboxylic acids is 1. The summed E-state index contributed by atoms with van der Waals surface area (Å²) in [4.78, 5) is 37.8. The molecule has 1 atom stereocenters. The number of ether oxygens (including phenoxy) is 1. The van der Waals surface area contributed by atoms with Gasteiger partial charge in [0.15, 0.2) is 0 Å². The number of thiophene rings is 1. The summed E-state index contributed by atoms with van der Waals surface area (Å²) in [6, 6.07) is -0.388. The SMILES string of the molecule is CCOC(=O)c1c(NC(=O)N2CCC(C(=O)O)C2)sc(C)c1C. The van der Waals surface area contributed by atoms with Crippen LogP contribution in [-0.2, 0) is 9.53 Å². The standard InChI is InChI=1S/C15H20N2O5S/c1-4-22-14(20)11-8(2)9(3)23-12(11)16-15(21)17-6-5-10(7-17)13(18)19/h10H,4-7H2,1-3H3,(H,16,21)(H,18,19). The fourth-order valence-corrected chi connectivity index (χ4v) is 3.52. The zero-order valence-electron chi connectivity index (χ0n) is 13.3. The van der Waals surface area contributed by atoms with Crippen molar-refractivity contribution in [2.24, 2.45) is 5.92 Å². The van der Waals surface area contributed by atoms with E-state index >= 15 is 0 Å². The normalized spacial score (nSPS) is 17.2. The third-order valence-corrected chi connectivity index (χ3v) is 5.03. The van der Waals surface area contributed by atoms with E-state index in [9.17, 15) is 14.4 Å². The maximum atomic E-state index is 12.3. The van der Waals surface area contributed by atoms with Crippen LogP contribution in [0, 0.1) is 19.8 Å². The number of carboxylic acid groups (broad SMARTS) is 1. The lowest BCUT2D eigenvalue weighted by Crippen LogP contribution is -2.34. The highest BCUT2D eigenvalue weighted by Crippen LogP contribution is 2.33. The van der Waals surface area contributed by atoms with E-state index in [1.807, 2.05) is 13.8 Å². The molecule has 7 nitrogen and oxygen atoms in total. The first-order valence-corrected chi connectivity index (χ1v) is 8.22. The van der Waals surface area contributed by atoms with Crippen molar-refractivity contribution in [3.8, 4) is 0 Å². The molecule has 1 aromatic heterocycles. The molecule has 0 aromatic carbocycles. The minimum Gasteiger partial charge on any atom is -0.481 e. The number of hydrogen-bond acceptors (Lipinski definition) is 5. The van der Waals surface area contributed by atoms with Crippen LogP contribution >= 0.6 is 11.3 Å². The van der Waals surface area contributed by atoms with E-state index in [2.05, 4.69) is 5.32 Å². The molecule has 1 fully saturated rings. The number of carboxylic acids is 1. The van der Waals surface area contributed by atoms with Crippen molar-refractivity contribution in [1.29, 1.82) is 0 Å². The van der Waals surface area contributed by atoms with Gasteiger partial charge in [0.2, 0.25) is 0 Å². The molecular formula is C15H20N2O5S. The van der Waals surface area contributed by atoms with Gasteiger partial charge in [-0.3, -0.25) is 10.1 Å². The van der Waals surface area contributed by atoms with Gasteiger partial charge in [0.05, 0.1) is 18.1 Å². The van der Waals surface area contributed by atoms with Crippen molar-refractivity contribution >= 4 is 34.3 Å². The van der Waals surface area contributed by atoms with Crippen LogP contribution in [-0.4, -0.2) is 47.7 Å². The molecule has 1 aliphatic rings. The van der Waals surface area contributed by atoms with Crippen LogP contribution in [0.2, 0.25) is 0 Å². The molecule has 8 heteroatoms. The van der Waals surface area contributed by atoms with E-state index in [0.29, 0.717) is 23.5 Å². The van der Waals surface area contributed by atoms with E-state index in [0.717, 1.165) is 10.4 Å². The van der Waals surface area contributed by atoms with Crippen molar-refractivity contribution in [1.82, 2.24) is 4.90 Å². The summed E-state index contributed by atoms with van der Waals surface area (Å²) in [7, 11) is 0. The van der Waals surface area contributed by atoms with Crippen molar-refractivity contribution in [3.05, 3.63) is 16.0 Å². The quantitative estimate of drug-likeness (QED) is 0.821. The highest BCUT2D eigenvalue weighted by Gasteiger charge is 2.32. The Morgan fingerprint density at radius 2 is 2.09 bits per heavy atom. The zero-order chi connectivity index (χ0) is 17.1. The van der Waals surface area contributed by atoms with Crippen LogP contribution in [0.15, 0.2) is 0 Å². The van der Waals surface area contributed by atoms with Crippen LogP contribution < -0.4 is 5.32 Å². The second-order valence-corrected chi connectivity index (χ2v) is 6.63. The van der Waals surface area contributed by atoms with Gasteiger partial charge >= 0.3 is 18.0 Å². The van der Waals surface area contributed by atoms with E-state index in [1.54, 1.807) is 6.92 Å². The summed E-state index contributed by atoms with van der Waals surface area (Å²) in [6.07, 6.45) is 0.440. The first-order valence-electron chi connectivity index (χ1n) is 7.41. The number of hydrogen-bond donors (Lipinski definition) is 2. The van der Waals surface area contributed by atoms with E-state index in [4.69, 9.17) is 9.84 Å². The van der Waals surface area contributed by atoms with Crippen LogP contribution in [0.25, 0.3) is 0 Å². The summed E-state index contributed by atoms with van der Waals surface area (Å²) in [5.74, 6) is -1.89. The van der Waals surface area contributed by atoms with Gasteiger partial charge in [0, 0.05) is 18.0 Å². The number of rotatable bonds is 4. The topological polar surface area (TPSA) is 95.9 Å². The monoisotopic (exact) mass is 340 g/mol. The predicted molar refractivity (Wildman–Crippen MR) is 86.1 cm³/mol. The fourth-order valence-electron chi connectivity index (χ4n) is 2.49. The maximum Gasteiger partial charge on any atom is 0.341 e. The minimum atomic E-state index is -0.893. The third-order valence-electron chi connectivity index (χ3n) is 3.91. The number of urea groups is 1. The van der Waals surface area contributed by atoms with Gasteiger partial charge < -0.3 is 14.7 Å². The predicted octanol–water partition coefficient (Wildman–Crippen LogP) is 2.48. The molecular weight excluding hydrogens is 320 g/mol. The van der Waals surface area contributed by atoms with Gasteiger partial charge in [0.25, 0.3) is 0 Å². The number of anilines is 1. The van der Waals surface area contributed by atoms with Crippen LogP contribution in [0.3, 0.4) is 0 Å². The third kappa shape index (κ3) is 3.64. The second-order valence-electron chi connectivity index (χ2n) is 5.41. The van der Waals surface area contributed by atoms with E-state index in [1.165, 1.54) is 16.2 Å². The highest BCUT2D eigenvalue weighted by molar-refractivity contribution is 7.16. The van der Waals surface area contributed by atoms with Crippen LogP contribution in [0.5, 0.6) is 0 Å². The molecule has 2 N–H and O–H groups in total. The molecule has 0 aliphatic carbocycles. The summed E-state index contributed by atoms with van der Waals surface area (Å²) in [6.45, 7) is 6.23. The van der Waals surface area contributed by atoms with Gasteiger partial charge in [0.1, 0.15) is 5.00 Å². The Kier molecular flexibility index (Phi) is 5.25. The largest absolute Gasteiger partial charge is 0.481 e. The molecule has 23 heavy (non-hydrogen) atoms. The molecule has 126 valence electrons. The molecule has 2 heterocycles. The lowest BCUT2D eigenvalue weighted by molar-refractivity contribution is -0.141. The molecule has 1 aromatic rings. The van der Waals surface area contributed by atoms with E-state index in [-0.39, 0.29) is 19.2 Å². The Bertz CT molecular complexity index is 640. The zero-order valence-corrected chi connectivity index (χ0v) is 14.2. The number of nitrogens with zero attached hydrogens (tertiary/aromatic N) is 1. The first-order chi connectivity index (χ1) is 10.8. The van der Waals surface area contributed by atoms with Gasteiger partial charge in [-0.25, -0.2) is 9.59 Å². The van der Waals surface area contributed by atoms with Crippen molar-refractivity contribution < 1.29 is 24.2 Å². The van der Waals surface area contributed by atoms with Gasteiger partial charge in [-0.2, -0.15) is 0 Å². The average molecular weight is 340 g/mol. The lowest BCUT2D eigenvalue weighted by Gasteiger charge is -2.16. The maximum absolute atomic E-state index is 12.3. The van der Waals surface area contributed by atoms with Crippen molar-refractivity contribution in [2.75, 3.05) is 25.0 Å². The number of esters is 1. The van der Waals surface area contributed by atoms with Gasteiger partial charge in [-0.05, 0) is 32.8 Å². The number of likely N-dealkylation sites (tertiary alicyclic amines) is 1. The average Bonchev–Trinajstić information content (AvgIpc) is 3.06. The number of carbonyl (C=O) groups excluding carboxylic acids is 2. The molecule has 1 saturated heterocycles. The molecule has 2 amide bonds. The second kappa shape index (κ2) is 6.99. The van der Waals surface area contributed by atoms with Gasteiger partial charge in [-0.15, -0.1) is 11.3 Å². The first kappa shape index (κ1) is 17.3. The van der Waals surface area contributed by atoms with Gasteiger partial charge in [-0.1, -0.05) is 0 Å². The summed E-state index contributed by atoms with van der Waals surface area (Å²) < 4.78 is 5.04. The Morgan fingerprint density at radius 1 is 1.39 bits per heavy atom. The molecule has 0 radical (unpaired) electrons. The molecule has 0 saturated carbocycles. The molecule has 0 bridgehead atoms. The van der Waals surface area contributed by atoms with Crippen molar-refractivity contribution in [2.45, 2.75) is 27.2 Å². The molecule has 0 spiro atoms.